The molecule has 1 saturated heterocycles. The molecule has 0 saturated carbocycles. The van der Waals surface area contributed by atoms with E-state index in [1.165, 1.54) is 6.33 Å². The summed E-state index contributed by atoms with van der Waals surface area (Å²) in [6.45, 7) is 5.85. The van der Waals surface area contributed by atoms with Gasteiger partial charge in [-0.05, 0) is 38.8 Å². The van der Waals surface area contributed by atoms with Gasteiger partial charge in [-0.15, -0.1) is 12.4 Å². The quantitative estimate of drug-likeness (QED) is 0.897. The Morgan fingerprint density at radius 1 is 1.48 bits per heavy atom. The lowest BCUT2D eigenvalue weighted by Crippen LogP contribution is -2.38. The first kappa shape index (κ1) is 17.6. The van der Waals surface area contributed by atoms with Gasteiger partial charge in [0.05, 0.1) is 0 Å². The normalized spacial score (nSPS) is 17.3. The van der Waals surface area contributed by atoms with Crippen LogP contribution in [0.15, 0.2) is 6.33 Å². The number of rotatable bonds is 4. The molecule has 23 heavy (non-hydrogen) atoms. The molecular weight excluding hydrogens is 316 g/mol. The SMILES string of the molecule is Cc1nc2ncnn2c(C)c1CCC(=O)N(C)C1CCNC1.Cl. The molecule has 3 rings (SSSR count). The molecule has 1 fully saturated rings. The molecule has 126 valence electrons. The van der Waals surface area contributed by atoms with Crippen molar-refractivity contribution in [3.05, 3.63) is 23.3 Å². The summed E-state index contributed by atoms with van der Waals surface area (Å²) < 4.78 is 1.73. The maximum Gasteiger partial charge on any atom is 0.252 e. The van der Waals surface area contributed by atoms with Crippen molar-refractivity contribution >= 4 is 24.1 Å². The van der Waals surface area contributed by atoms with Gasteiger partial charge in [0.2, 0.25) is 5.91 Å². The van der Waals surface area contributed by atoms with E-state index in [1.807, 2.05) is 25.8 Å². The fraction of sp³-hybridized carbons (Fsp3) is 0.600. The third kappa shape index (κ3) is 3.45. The molecule has 0 radical (unpaired) electrons. The van der Waals surface area contributed by atoms with Gasteiger partial charge in [-0.3, -0.25) is 4.79 Å². The zero-order valence-corrected chi connectivity index (χ0v) is 14.6. The van der Waals surface area contributed by atoms with Crippen molar-refractivity contribution in [2.75, 3.05) is 20.1 Å². The largest absolute Gasteiger partial charge is 0.341 e. The number of hydrogen-bond acceptors (Lipinski definition) is 5. The Bertz CT molecular complexity index is 695. The molecule has 1 aliphatic heterocycles. The number of nitrogens with zero attached hydrogens (tertiary/aromatic N) is 5. The molecule has 0 bridgehead atoms. The Balaban J connectivity index is 0.00000192. The van der Waals surface area contributed by atoms with Crippen LogP contribution in [0.4, 0.5) is 0 Å². The number of fused-ring (bicyclic) bond motifs is 1. The van der Waals surface area contributed by atoms with E-state index in [-0.39, 0.29) is 18.3 Å². The molecule has 8 heteroatoms. The summed E-state index contributed by atoms with van der Waals surface area (Å²) in [5.74, 6) is 0.797. The number of hydrogen-bond donors (Lipinski definition) is 1. The third-order valence-electron chi connectivity index (χ3n) is 4.55. The first-order chi connectivity index (χ1) is 10.6. The highest BCUT2D eigenvalue weighted by atomic mass is 35.5. The van der Waals surface area contributed by atoms with Gasteiger partial charge in [0.15, 0.2) is 0 Å². The smallest absolute Gasteiger partial charge is 0.252 e. The summed E-state index contributed by atoms with van der Waals surface area (Å²) in [4.78, 5) is 22.8. The van der Waals surface area contributed by atoms with E-state index in [0.29, 0.717) is 24.7 Å². The molecule has 2 aromatic heterocycles. The first-order valence-electron chi connectivity index (χ1n) is 7.70. The predicted molar refractivity (Wildman–Crippen MR) is 89.9 cm³/mol. The molecule has 2 aromatic rings. The van der Waals surface area contributed by atoms with E-state index >= 15 is 0 Å². The summed E-state index contributed by atoms with van der Waals surface area (Å²) in [6.07, 6.45) is 3.72. The first-order valence-corrected chi connectivity index (χ1v) is 7.70. The van der Waals surface area contributed by atoms with Gasteiger partial charge in [-0.25, -0.2) is 9.50 Å². The van der Waals surface area contributed by atoms with Gasteiger partial charge in [-0.2, -0.15) is 10.1 Å². The Morgan fingerprint density at radius 2 is 2.26 bits per heavy atom. The summed E-state index contributed by atoms with van der Waals surface area (Å²) in [6, 6.07) is 0.325. The van der Waals surface area contributed by atoms with Crippen LogP contribution in [0.25, 0.3) is 5.78 Å². The number of nitrogens with one attached hydrogen (secondary N) is 1. The molecule has 0 aromatic carbocycles. The maximum absolute atomic E-state index is 12.4. The highest BCUT2D eigenvalue weighted by Crippen LogP contribution is 2.16. The Hall–Kier alpha value is -1.73. The van der Waals surface area contributed by atoms with Gasteiger partial charge in [-0.1, -0.05) is 0 Å². The van der Waals surface area contributed by atoms with Crippen molar-refractivity contribution in [3.8, 4) is 0 Å². The Morgan fingerprint density at radius 3 is 2.96 bits per heavy atom. The fourth-order valence-electron chi connectivity index (χ4n) is 3.10. The zero-order valence-electron chi connectivity index (χ0n) is 13.7. The van der Waals surface area contributed by atoms with Crippen LogP contribution in [0.2, 0.25) is 0 Å². The second kappa shape index (κ2) is 7.23. The summed E-state index contributed by atoms with van der Waals surface area (Å²) in [7, 11) is 1.90. The molecule has 1 amide bonds. The molecule has 7 nitrogen and oxygen atoms in total. The van der Waals surface area contributed by atoms with Crippen LogP contribution in [0.1, 0.15) is 29.8 Å². The van der Waals surface area contributed by atoms with Crippen LogP contribution in [-0.4, -0.2) is 56.6 Å². The zero-order chi connectivity index (χ0) is 15.7. The van der Waals surface area contributed by atoms with Gasteiger partial charge in [0, 0.05) is 37.4 Å². The number of carbonyl (C=O) groups excluding carboxylic acids is 1. The van der Waals surface area contributed by atoms with Crippen molar-refractivity contribution < 1.29 is 4.79 Å². The molecule has 1 atom stereocenters. The summed E-state index contributed by atoms with van der Waals surface area (Å²) >= 11 is 0. The standard InChI is InChI=1S/C15H22N6O.ClH/c1-10-13(11(2)21-15(19-10)17-9-18-21)4-5-14(22)20(3)12-6-7-16-8-12;/h9,12,16H,4-8H2,1-3H3;1H. The lowest BCUT2D eigenvalue weighted by atomic mass is 10.1. The van der Waals surface area contributed by atoms with Crippen LogP contribution in [-0.2, 0) is 11.2 Å². The van der Waals surface area contributed by atoms with Crippen molar-refractivity contribution in [2.45, 2.75) is 39.2 Å². The molecule has 1 N–H and O–H groups in total. The van der Waals surface area contributed by atoms with E-state index in [9.17, 15) is 4.79 Å². The minimum atomic E-state index is 0. The van der Waals surface area contributed by atoms with Crippen molar-refractivity contribution in [2.24, 2.45) is 0 Å². The van der Waals surface area contributed by atoms with Crippen molar-refractivity contribution in [1.29, 1.82) is 0 Å². The summed E-state index contributed by atoms with van der Waals surface area (Å²) in [5.41, 5.74) is 3.03. The average molecular weight is 339 g/mol. The van der Waals surface area contributed by atoms with Crippen LogP contribution in [0.3, 0.4) is 0 Å². The van der Waals surface area contributed by atoms with Gasteiger partial charge in [0.25, 0.3) is 5.78 Å². The number of aryl methyl sites for hydroxylation is 2. The Labute approximate surface area is 141 Å². The summed E-state index contributed by atoms with van der Waals surface area (Å²) in [5, 5.41) is 7.48. The van der Waals surface area contributed by atoms with E-state index < -0.39 is 0 Å². The van der Waals surface area contributed by atoms with E-state index in [0.717, 1.165) is 36.5 Å². The second-order valence-corrected chi connectivity index (χ2v) is 5.88. The van der Waals surface area contributed by atoms with Crippen LogP contribution >= 0.6 is 12.4 Å². The third-order valence-corrected chi connectivity index (χ3v) is 4.55. The minimum absolute atomic E-state index is 0. The molecule has 3 heterocycles. The minimum Gasteiger partial charge on any atom is -0.341 e. The van der Waals surface area contributed by atoms with E-state index in [4.69, 9.17) is 0 Å². The molecule has 0 aliphatic carbocycles. The Kier molecular flexibility index (Phi) is 5.54. The van der Waals surface area contributed by atoms with Crippen LogP contribution in [0, 0.1) is 13.8 Å². The lowest BCUT2D eigenvalue weighted by molar-refractivity contribution is -0.131. The molecule has 1 aliphatic rings. The second-order valence-electron chi connectivity index (χ2n) is 5.88. The van der Waals surface area contributed by atoms with Gasteiger partial charge >= 0.3 is 0 Å². The van der Waals surface area contributed by atoms with Crippen molar-refractivity contribution in [1.82, 2.24) is 29.8 Å². The highest BCUT2D eigenvalue weighted by Gasteiger charge is 2.23. The number of amides is 1. The average Bonchev–Trinajstić information content (AvgIpc) is 3.16. The van der Waals surface area contributed by atoms with E-state index in [1.54, 1.807) is 4.52 Å². The number of carbonyl (C=O) groups is 1. The predicted octanol–water partition coefficient (Wildman–Crippen LogP) is 0.916. The van der Waals surface area contributed by atoms with Crippen molar-refractivity contribution in [3.63, 3.8) is 0 Å². The van der Waals surface area contributed by atoms with E-state index in [2.05, 4.69) is 20.4 Å². The monoisotopic (exact) mass is 338 g/mol. The topological polar surface area (TPSA) is 75.4 Å². The van der Waals surface area contributed by atoms with Gasteiger partial charge in [0.1, 0.15) is 6.33 Å². The maximum atomic E-state index is 12.4. The van der Waals surface area contributed by atoms with Gasteiger partial charge < -0.3 is 10.2 Å². The van der Waals surface area contributed by atoms with Crippen LogP contribution in [0.5, 0.6) is 0 Å². The number of aromatic nitrogens is 4. The van der Waals surface area contributed by atoms with Crippen LogP contribution < -0.4 is 5.32 Å². The number of halogens is 1. The molecule has 0 spiro atoms. The highest BCUT2D eigenvalue weighted by molar-refractivity contribution is 5.85. The lowest BCUT2D eigenvalue weighted by Gasteiger charge is -2.24. The molecule has 1 unspecified atom stereocenters. The number of likely N-dealkylation sites (N-methyl/N-ethyl adjacent to an activating group) is 1. The fourth-order valence-corrected chi connectivity index (χ4v) is 3.10. The molecular formula is C15H23ClN6O.